The van der Waals surface area contributed by atoms with Gasteiger partial charge < -0.3 is 5.11 Å². The van der Waals surface area contributed by atoms with Gasteiger partial charge in [0, 0.05) is 6.42 Å². The van der Waals surface area contributed by atoms with Crippen molar-refractivity contribution in [3.63, 3.8) is 0 Å². The summed E-state index contributed by atoms with van der Waals surface area (Å²) in [5.74, 6) is 0.846. The van der Waals surface area contributed by atoms with E-state index in [1.54, 1.807) is 0 Å². The Bertz CT molecular complexity index is 430. The first-order valence-corrected chi connectivity index (χ1v) is 8.64. The molecule has 0 spiro atoms. The van der Waals surface area contributed by atoms with Crippen molar-refractivity contribution in [1.29, 1.82) is 0 Å². The molecule has 0 bridgehead atoms. The van der Waals surface area contributed by atoms with Crippen LogP contribution in [0.25, 0.3) is 0 Å². The molecule has 21 heavy (non-hydrogen) atoms. The molecule has 0 saturated heterocycles. The molecule has 1 nitrogen and oxygen atoms in total. The molecule has 0 unspecified atom stereocenters. The van der Waals surface area contributed by atoms with E-state index in [2.05, 4.69) is 52.0 Å². The van der Waals surface area contributed by atoms with E-state index in [1.165, 1.54) is 36.8 Å². The van der Waals surface area contributed by atoms with Crippen molar-refractivity contribution in [3.8, 4) is 0 Å². The quantitative estimate of drug-likeness (QED) is 0.802. The normalized spacial score (nSPS) is 26.8. The molecule has 118 valence electrons. The fourth-order valence-corrected chi connectivity index (χ4v) is 3.59. The predicted octanol–water partition coefficient (Wildman–Crippen LogP) is 5.25. The second kappa shape index (κ2) is 6.52. The minimum atomic E-state index is -0.465. The highest BCUT2D eigenvalue weighted by molar-refractivity contribution is 5.28. The lowest BCUT2D eigenvalue weighted by molar-refractivity contribution is -0.00987. The molecule has 1 aliphatic rings. The van der Waals surface area contributed by atoms with Gasteiger partial charge in [-0.15, -0.1) is 0 Å². The average molecular weight is 288 g/mol. The zero-order valence-corrected chi connectivity index (χ0v) is 14.3. The van der Waals surface area contributed by atoms with Crippen molar-refractivity contribution >= 4 is 0 Å². The molecule has 1 fully saturated rings. The smallest absolute Gasteiger partial charge is 0.0688 e. The Labute approximate surface area is 130 Å². The van der Waals surface area contributed by atoms with E-state index in [0.717, 1.165) is 25.2 Å². The van der Waals surface area contributed by atoms with Gasteiger partial charge in [-0.3, -0.25) is 0 Å². The maximum atomic E-state index is 10.8. The summed E-state index contributed by atoms with van der Waals surface area (Å²) >= 11 is 0. The molecule has 0 aromatic heterocycles. The van der Waals surface area contributed by atoms with Gasteiger partial charge in [0.25, 0.3) is 0 Å². The summed E-state index contributed by atoms with van der Waals surface area (Å²) in [6.07, 6.45) is 7.76. The Morgan fingerprint density at radius 1 is 1.10 bits per heavy atom. The lowest BCUT2D eigenvalue weighted by Crippen LogP contribution is -2.36. The summed E-state index contributed by atoms with van der Waals surface area (Å²) < 4.78 is 0. The van der Waals surface area contributed by atoms with Crippen LogP contribution in [0.5, 0.6) is 0 Å². The molecule has 1 aromatic carbocycles. The van der Waals surface area contributed by atoms with E-state index in [9.17, 15) is 5.11 Å². The highest BCUT2D eigenvalue weighted by Crippen LogP contribution is 2.36. The fraction of sp³-hybridized carbons (Fsp3) is 0.700. The number of benzene rings is 1. The monoisotopic (exact) mass is 288 g/mol. The zero-order valence-electron chi connectivity index (χ0n) is 14.3. The topological polar surface area (TPSA) is 20.2 Å². The summed E-state index contributed by atoms with van der Waals surface area (Å²) in [6.45, 7) is 8.98. The van der Waals surface area contributed by atoms with Crippen LogP contribution >= 0.6 is 0 Å². The summed E-state index contributed by atoms with van der Waals surface area (Å²) in [5.41, 5.74) is 2.38. The molecule has 0 heterocycles. The van der Waals surface area contributed by atoms with Crippen molar-refractivity contribution < 1.29 is 5.11 Å². The van der Waals surface area contributed by atoms with Crippen LogP contribution in [0.4, 0.5) is 0 Å². The first-order valence-electron chi connectivity index (χ1n) is 8.64. The van der Waals surface area contributed by atoms with Gasteiger partial charge in [0.05, 0.1) is 5.60 Å². The van der Waals surface area contributed by atoms with Crippen molar-refractivity contribution in [2.45, 2.75) is 83.7 Å². The number of aliphatic hydroxyl groups is 1. The molecular formula is C20H32O. The lowest BCUT2D eigenvalue weighted by Gasteiger charge is -2.36. The van der Waals surface area contributed by atoms with Gasteiger partial charge in [0.2, 0.25) is 0 Å². The molecule has 0 aliphatic heterocycles. The minimum Gasteiger partial charge on any atom is -0.390 e. The van der Waals surface area contributed by atoms with E-state index >= 15 is 0 Å². The molecule has 0 radical (unpaired) electrons. The summed E-state index contributed by atoms with van der Waals surface area (Å²) in [7, 11) is 0. The van der Waals surface area contributed by atoms with E-state index < -0.39 is 5.60 Å². The van der Waals surface area contributed by atoms with Gasteiger partial charge in [-0.2, -0.15) is 0 Å². The largest absolute Gasteiger partial charge is 0.390 e. The van der Waals surface area contributed by atoms with Crippen LogP contribution in [-0.4, -0.2) is 10.7 Å². The van der Waals surface area contributed by atoms with Crippen molar-refractivity contribution in [1.82, 2.24) is 0 Å². The molecule has 1 aromatic rings. The molecule has 0 atom stereocenters. The first kappa shape index (κ1) is 16.5. The van der Waals surface area contributed by atoms with Gasteiger partial charge in [-0.25, -0.2) is 0 Å². The highest BCUT2D eigenvalue weighted by Gasteiger charge is 2.32. The molecule has 1 N–H and O–H groups in total. The molecule has 1 aliphatic carbocycles. The Balaban J connectivity index is 1.95. The average Bonchev–Trinajstić information content (AvgIpc) is 2.41. The number of hydrogen-bond acceptors (Lipinski definition) is 1. The van der Waals surface area contributed by atoms with Crippen LogP contribution in [0.2, 0.25) is 0 Å². The summed E-state index contributed by atoms with van der Waals surface area (Å²) in [6, 6.07) is 8.86. The van der Waals surface area contributed by atoms with E-state index in [0.29, 0.717) is 0 Å². The predicted molar refractivity (Wildman–Crippen MR) is 90.7 cm³/mol. The van der Waals surface area contributed by atoms with Gasteiger partial charge in [-0.1, -0.05) is 64.8 Å². The van der Waals surface area contributed by atoms with Gasteiger partial charge in [-0.05, 0) is 48.1 Å². The maximum absolute atomic E-state index is 10.8. The Morgan fingerprint density at radius 2 is 1.67 bits per heavy atom. The summed E-state index contributed by atoms with van der Waals surface area (Å²) in [4.78, 5) is 0. The van der Waals surface area contributed by atoms with Crippen LogP contribution in [-0.2, 0) is 11.8 Å². The van der Waals surface area contributed by atoms with Crippen LogP contribution in [0.3, 0.4) is 0 Å². The van der Waals surface area contributed by atoms with E-state index in [4.69, 9.17) is 0 Å². The molecule has 1 heteroatoms. The third-order valence-corrected chi connectivity index (χ3v) is 5.09. The second-order valence-electron chi connectivity index (χ2n) is 8.08. The van der Waals surface area contributed by atoms with Crippen LogP contribution in [0, 0.1) is 5.92 Å². The molecule has 1 saturated carbocycles. The standard InChI is InChI=1S/C20H32O/c1-5-6-16-11-13-20(21,14-12-16)15-17-7-9-18(10-8-17)19(2,3)4/h7-10,16,21H,5-6,11-15H2,1-4H3. The SMILES string of the molecule is CCCC1CCC(O)(Cc2ccc(C(C)(C)C)cc2)CC1. The highest BCUT2D eigenvalue weighted by atomic mass is 16.3. The minimum absolute atomic E-state index is 0.202. The molecular weight excluding hydrogens is 256 g/mol. The number of rotatable bonds is 4. The zero-order chi connectivity index (χ0) is 15.5. The number of hydrogen-bond donors (Lipinski definition) is 1. The van der Waals surface area contributed by atoms with Gasteiger partial charge in [0.15, 0.2) is 0 Å². The van der Waals surface area contributed by atoms with Gasteiger partial charge >= 0.3 is 0 Å². The van der Waals surface area contributed by atoms with Crippen molar-refractivity contribution in [2.24, 2.45) is 5.92 Å². The fourth-order valence-electron chi connectivity index (χ4n) is 3.59. The van der Waals surface area contributed by atoms with Crippen LogP contribution in [0.1, 0.15) is 77.3 Å². The third kappa shape index (κ3) is 4.57. The Hall–Kier alpha value is -0.820. The van der Waals surface area contributed by atoms with Crippen molar-refractivity contribution in [2.75, 3.05) is 0 Å². The first-order chi connectivity index (χ1) is 9.82. The maximum Gasteiger partial charge on any atom is 0.0688 e. The van der Waals surface area contributed by atoms with Crippen LogP contribution in [0.15, 0.2) is 24.3 Å². The Kier molecular flexibility index (Phi) is 5.14. The summed E-state index contributed by atoms with van der Waals surface area (Å²) in [5, 5.41) is 10.8. The van der Waals surface area contributed by atoms with Crippen LogP contribution < -0.4 is 0 Å². The molecule has 2 rings (SSSR count). The Morgan fingerprint density at radius 3 is 2.14 bits per heavy atom. The molecule has 0 amide bonds. The lowest BCUT2D eigenvalue weighted by atomic mass is 9.74. The van der Waals surface area contributed by atoms with E-state index in [-0.39, 0.29) is 5.41 Å². The van der Waals surface area contributed by atoms with Crippen molar-refractivity contribution in [3.05, 3.63) is 35.4 Å². The van der Waals surface area contributed by atoms with E-state index in [1.807, 2.05) is 0 Å². The third-order valence-electron chi connectivity index (χ3n) is 5.09. The van der Waals surface area contributed by atoms with Gasteiger partial charge in [0.1, 0.15) is 0 Å². The second-order valence-corrected chi connectivity index (χ2v) is 8.08.